The highest BCUT2D eigenvalue weighted by Gasteiger charge is 2.55. The number of thioether (sulfide) groups is 1. The Morgan fingerprint density at radius 2 is 0.932 bits per heavy atom. The van der Waals surface area contributed by atoms with Crippen LogP contribution >= 0.6 is 11.8 Å². The van der Waals surface area contributed by atoms with Crippen LogP contribution in [0.4, 0.5) is 0 Å². The number of nitrogens with zero attached hydrogens (tertiary/aromatic N) is 1. The quantitative estimate of drug-likeness (QED) is 0.00509. The number of aromatic hydroxyl groups is 1. The Balaban J connectivity index is 3.16. The van der Waals surface area contributed by atoms with E-state index >= 15 is 28.8 Å². The van der Waals surface area contributed by atoms with Gasteiger partial charge in [-0.05, 0) is 222 Å². The third-order valence-electron chi connectivity index (χ3n) is 25.7. The van der Waals surface area contributed by atoms with Crippen LogP contribution in [0.3, 0.4) is 0 Å². The molecule has 0 spiro atoms. The number of aldehydes is 1. The number of aliphatic carboxylic acids is 1. The van der Waals surface area contributed by atoms with Crippen LogP contribution in [0.15, 0.2) is 41.4 Å². The van der Waals surface area contributed by atoms with Gasteiger partial charge in [-0.3, -0.25) is 102 Å². The standard InChI is InChI=1S/C100H175N23O24S/c1-18-60(12)79(94(144)116-75(54-126)91(141)114-72(50-63-36-38-65(128)39-37-63)88(138)113-71(83(103)133)48-56(4)5)118-95(145)80(62(14)127)119-89(139)73(49-57(6)7)123-147-96-99(15,97(146)120-78(59(10)11)93(143)111-67(35-32-45-107-98(104)105)85(135)109-64(52-124)33-26-30-43-101)41-28-24-22-20-19-21-23-25-29-42-100(96,16)121-70(47-55(2)3)82(132)81(131)69(51-76(129)130)112-86(136)66(34-27-31-44-102)110-84(134)61(13)108-90(140)74(53-125)115-92(142)77(58(8)9)117-87(137)68(122-106)40-46-148-17/h20,22,36-39,52,55-62,64,66-75,77-80,96,121-123,125-128H,18-19,21,23-35,40-51,53-54,101-102,106H2,1-17H3,(H2,103,133)(H,108,140)(H,109,135)(H,110,134)(H,111,143)(H,112,136)(H,113,138)(H,114,141)(H,115,142)(H,116,144)(H,117,137)(H,118,145)(H,119,139)(H,120,146)(H,129,130)(H4,104,105,107)/t60-,61-,62+,64-,66?,67-,68?,69-,70-,71?,72-,73-,74?,75?,77-,78?,79-,80-,96?,99?,100?/m0/s1. The Morgan fingerprint density at radius 3 is 1.45 bits per heavy atom. The van der Waals surface area contributed by atoms with Crippen molar-refractivity contribution in [1.82, 2.24) is 85.3 Å². The number of unbranched alkanes of at least 4 members (excludes halogenated alkanes) is 2. The van der Waals surface area contributed by atoms with Gasteiger partial charge in [0, 0.05) is 18.5 Å². The molecule has 21 atom stereocenters. The number of carbonyl (C=O) groups excluding carboxylic acids is 17. The highest BCUT2D eigenvalue weighted by atomic mass is 32.2. The van der Waals surface area contributed by atoms with E-state index in [1.807, 2.05) is 18.4 Å². The van der Waals surface area contributed by atoms with Crippen molar-refractivity contribution in [3.8, 4) is 5.75 Å². The summed E-state index contributed by atoms with van der Waals surface area (Å²) in [6.07, 6.45) is 5.87. The smallest absolute Gasteiger partial charge is 0.305 e. The van der Waals surface area contributed by atoms with Gasteiger partial charge in [-0.25, -0.2) is 5.43 Å². The Kier molecular flexibility index (Phi) is 62.4. The van der Waals surface area contributed by atoms with Crippen molar-refractivity contribution < 1.29 is 117 Å². The molecule has 0 radical (unpaired) electrons. The fourth-order valence-electron chi connectivity index (χ4n) is 16.9. The number of benzene rings is 1. The zero-order valence-corrected chi connectivity index (χ0v) is 90.2. The number of primary amides is 1. The van der Waals surface area contributed by atoms with E-state index in [-0.39, 0.29) is 127 Å². The molecule has 1 aromatic rings. The number of ketones is 2. The van der Waals surface area contributed by atoms with Crippen molar-refractivity contribution in [1.29, 1.82) is 0 Å². The lowest BCUT2D eigenvalue weighted by Gasteiger charge is -2.49. The first-order valence-corrected chi connectivity index (χ1v) is 53.0. The van der Waals surface area contributed by atoms with Gasteiger partial charge in [-0.2, -0.15) is 17.2 Å². The Hall–Kier alpha value is -11.0. The summed E-state index contributed by atoms with van der Waals surface area (Å²) < 4.78 is 0. The first-order valence-electron chi connectivity index (χ1n) is 51.6. The van der Waals surface area contributed by atoms with E-state index in [1.165, 1.54) is 56.8 Å². The predicted molar refractivity (Wildman–Crippen MR) is 559 cm³/mol. The fraction of sp³-hybridized carbons (Fsp3) is 0.730. The number of carboxylic acids is 1. The molecule has 1 aromatic carbocycles. The minimum absolute atomic E-state index is 0.00539. The number of carbonyl (C=O) groups is 18. The number of hydrogen-bond acceptors (Lipinski definition) is 31. The zero-order valence-electron chi connectivity index (χ0n) is 89.4. The normalized spacial score (nSPS) is 18.8. The van der Waals surface area contributed by atoms with Crippen LogP contribution in [0.5, 0.6) is 5.75 Å². The maximum Gasteiger partial charge on any atom is 0.305 e. The number of aliphatic hydroxyl groups excluding tert-OH is 3. The molecule has 33 N–H and O–H groups in total. The Labute approximate surface area is 874 Å². The summed E-state index contributed by atoms with van der Waals surface area (Å²) in [6, 6.07) is -18.9. The number of phenols is 1. The molecule has 1 aliphatic rings. The number of allylic oxidation sites excluding steroid dienone is 2. The van der Waals surface area contributed by atoms with Crippen molar-refractivity contribution >= 4 is 124 Å². The molecule has 9 unspecified atom stereocenters. The molecule has 0 aromatic heterocycles. The van der Waals surface area contributed by atoms with Crippen molar-refractivity contribution in [3.63, 3.8) is 0 Å². The molecule has 0 heterocycles. The van der Waals surface area contributed by atoms with Crippen molar-refractivity contribution in [3.05, 3.63) is 42.0 Å². The predicted octanol–water partition coefficient (Wildman–Crippen LogP) is -1.63. The third-order valence-corrected chi connectivity index (χ3v) is 26.3. The number of amides is 14. The van der Waals surface area contributed by atoms with Crippen molar-refractivity contribution in [2.45, 2.75) is 379 Å². The molecule has 148 heavy (non-hydrogen) atoms. The van der Waals surface area contributed by atoms with Crippen LogP contribution in [0, 0.1) is 40.9 Å². The number of hydrogen-bond donors (Lipinski definition) is 27. The SMILES string of the molecule is CC[C@H](C)[C@H](NC(=O)[C@@H](NC(=O)[C@H](CC(C)C)NOC1C(C)(N[C@@H](CC(C)C)C(=O)C(=O)[C@H](CC(=O)O)NC(=O)C(CCCCN)NC(=O)[C@H](C)NC(=O)C(CO)NC(=O)[C@@H](NC(=O)C(CCSC)NN)C(C)C)CCCCCCC=CCCCC1(C)C(=O)NC(C(=O)N[C@@H](CCCN=C(N)N)C(=O)N[C@H](C=O)CCCCN)C(C)C)[C@@H](C)O)C(=O)NC(CO)C(=O)N[C@@H](Cc1ccc(O)cc1)C(=O)NC(CC(C)C)C(N)=O. The first-order chi connectivity index (χ1) is 69.7. The van der Waals surface area contributed by atoms with E-state index in [0.717, 1.165) is 0 Å². The second-order valence-corrected chi connectivity index (χ2v) is 41.8. The minimum atomic E-state index is -2.20. The van der Waals surface area contributed by atoms with E-state index in [0.29, 0.717) is 75.5 Å². The molecule has 48 heteroatoms. The number of guanidine groups is 1. The van der Waals surface area contributed by atoms with Crippen molar-refractivity contribution in [2.75, 3.05) is 44.9 Å². The number of hydrazine groups is 1. The summed E-state index contributed by atoms with van der Waals surface area (Å²) >= 11 is 1.46. The van der Waals surface area contributed by atoms with E-state index in [4.69, 9.17) is 39.3 Å². The van der Waals surface area contributed by atoms with Crippen molar-refractivity contribution in [2.24, 2.45) is 80.4 Å². The van der Waals surface area contributed by atoms with Gasteiger partial charge in [-0.15, -0.1) is 0 Å². The molecule has 0 bridgehead atoms. The average molecular weight is 2120 g/mol. The number of hydroxylamine groups is 1. The highest BCUT2D eigenvalue weighted by molar-refractivity contribution is 7.98. The van der Waals surface area contributed by atoms with Crippen LogP contribution < -0.4 is 120 Å². The van der Waals surface area contributed by atoms with Gasteiger partial charge in [0.1, 0.15) is 103 Å². The number of rotatable bonds is 69. The van der Waals surface area contributed by atoms with Gasteiger partial charge in [0.25, 0.3) is 0 Å². The second kappa shape index (κ2) is 69.4. The van der Waals surface area contributed by atoms with Crippen LogP contribution in [0.25, 0.3) is 0 Å². The van der Waals surface area contributed by atoms with E-state index in [9.17, 15) is 83.1 Å². The third kappa shape index (κ3) is 47.5. The average Bonchev–Trinajstić information content (AvgIpc) is 0.757. The fourth-order valence-corrected chi connectivity index (χ4v) is 17.4. The number of nitrogens with one attached hydrogen (secondary N) is 16. The molecule has 0 saturated carbocycles. The largest absolute Gasteiger partial charge is 0.508 e. The molecule has 0 saturated heterocycles. The summed E-state index contributed by atoms with van der Waals surface area (Å²) in [4.78, 5) is 271. The molecule has 840 valence electrons. The number of nitrogens with two attached hydrogens (primary N) is 6. The van der Waals surface area contributed by atoms with Gasteiger partial charge in [-0.1, -0.05) is 133 Å². The molecule has 47 nitrogen and oxygen atoms in total. The van der Waals surface area contributed by atoms with Gasteiger partial charge in [0.2, 0.25) is 94.3 Å². The lowest BCUT2D eigenvalue weighted by molar-refractivity contribution is -0.172. The molecular weight excluding hydrogens is 1940 g/mol. The molecular formula is C100H175N23O24S. The molecule has 2 rings (SSSR count). The van der Waals surface area contributed by atoms with Gasteiger partial charge < -0.3 is 128 Å². The van der Waals surface area contributed by atoms with E-state index in [2.05, 4.69) is 90.3 Å². The molecule has 1 aliphatic carbocycles. The second-order valence-electron chi connectivity index (χ2n) is 40.8. The lowest BCUT2D eigenvalue weighted by atomic mass is 9.68. The van der Waals surface area contributed by atoms with Gasteiger partial charge in [0.05, 0.1) is 43.2 Å². The summed E-state index contributed by atoms with van der Waals surface area (Å²) in [5.41, 5.74) is 30.5. The Morgan fingerprint density at radius 1 is 0.486 bits per heavy atom. The molecule has 0 fully saturated rings. The summed E-state index contributed by atoms with van der Waals surface area (Å²) in [5, 5.41) is 90.6. The number of carboxylic acid groups (broad SMARTS) is 1. The molecule has 0 aliphatic heterocycles. The van der Waals surface area contributed by atoms with Crippen LogP contribution in [0.1, 0.15) is 264 Å². The topological polar surface area (TPSA) is 779 Å². The van der Waals surface area contributed by atoms with Crippen LogP contribution in [-0.4, -0.2) is 297 Å². The minimum Gasteiger partial charge on any atom is -0.508 e. The number of aliphatic hydroxyl groups is 3. The summed E-state index contributed by atoms with van der Waals surface area (Å²) in [5.74, 6) is -15.3. The number of Topliss-reactive ketones (excluding diaryl/α,β-unsaturated/α-hetero) is 2. The number of phenolic OH excluding ortho intramolecular Hbond substituents is 1. The maximum absolute atomic E-state index is 16.7. The van der Waals surface area contributed by atoms with Gasteiger partial charge >= 0.3 is 5.97 Å². The molecule has 14 amide bonds. The lowest BCUT2D eigenvalue weighted by Crippen LogP contribution is -2.69. The maximum atomic E-state index is 16.7. The van der Waals surface area contributed by atoms with Gasteiger partial charge in [0.15, 0.2) is 5.96 Å². The summed E-state index contributed by atoms with van der Waals surface area (Å²) in [7, 11) is 0. The first kappa shape index (κ1) is 133. The number of aliphatic imine (C=N–C) groups is 1. The monoisotopic (exact) mass is 2110 g/mol. The Bertz CT molecular complexity index is 4450. The highest BCUT2D eigenvalue weighted by Crippen LogP contribution is 2.41. The summed E-state index contributed by atoms with van der Waals surface area (Å²) in [6.45, 7) is 24.0. The van der Waals surface area contributed by atoms with Crippen LogP contribution in [0.2, 0.25) is 0 Å². The van der Waals surface area contributed by atoms with Crippen LogP contribution in [-0.2, 0) is 97.6 Å². The zero-order chi connectivity index (χ0) is 112. The van der Waals surface area contributed by atoms with E-state index < -0.39 is 269 Å². The van der Waals surface area contributed by atoms with E-state index in [1.54, 1.807) is 90.0 Å².